The summed E-state index contributed by atoms with van der Waals surface area (Å²) >= 11 is 5.89. The van der Waals surface area contributed by atoms with E-state index in [-0.39, 0.29) is 6.04 Å². The molecule has 0 amide bonds. The van der Waals surface area contributed by atoms with E-state index >= 15 is 0 Å². The zero-order valence-electron chi connectivity index (χ0n) is 12.9. The normalized spacial score (nSPS) is 28.0. The van der Waals surface area contributed by atoms with Gasteiger partial charge in [-0.05, 0) is 31.6 Å². The number of aliphatic hydroxyl groups is 1. The Hall–Kier alpha value is -1.53. The van der Waals surface area contributed by atoms with E-state index in [0.29, 0.717) is 22.9 Å². The molecule has 124 valence electrons. The summed E-state index contributed by atoms with van der Waals surface area (Å²) in [5.41, 5.74) is 0. The summed E-state index contributed by atoms with van der Waals surface area (Å²) in [5.74, 6) is 1.86. The van der Waals surface area contributed by atoms with Gasteiger partial charge in [-0.3, -0.25) is 4.68 Å². The van der Waals surface area contributed by atoms with Crippen molar-refractivity contribution >= 4 is 17.6 Å². The summed E-state index contributed by atoms with van der Waals surface area (Å²) in [5, 5.41) is 18.4. The lowest BCUT2D eigenvalue weighted by atomic mass is 9.84. The number of nitrogens with one attached hydrogen (secondary N) is 1. The highest BCUT2D eigenvalue weighted by Crippen LogP contribution is 2.37. The van der Waals surface area contributed by atoms with E-state index in [4.69, 9.17) is 16.0 Å². The number of aliphatic hydroxyl groups excluding tert-OH is 1. The summed E-state index contributed by atoms with van der Waals surface area (Å²) in [6.45, 7) is 0.765. The Kier molecular flexibility index (Phi) is 4.03. The third-order valence-corrected chi connectivity index (χ3v) is 5.21. The number of halogens is 1. The molecule has 2 aromatic rings. The van der Waals surface area contributed by atoms with Crippen molar-refractivity contribution in [3.8, 4) is 0 Å². The fourth-order valence-corrected chi connectivity index (χ4v) is 3.67. The van der Waals surface area contributed by atoms with Gasteiger partial charge in [0.05, 0.1) is 29.6 Å². The molecule has 2 fully saturated rings. The minimum absolute atomic E-state index is 0.0288. The van der Waals surface area contributed by atoms with Crippen LogP contribution in [0.25, 0.3) is 0 Å². The first-order chi connectivity index (χ1) is 11.2. The highest BCUT2D eigenvalue weighted by molar-refractivity contribution is 6.30. The maximum absolute atomic E-state index is 10.3. The Balaban J connectivity index is 1.34. The highest BCUT2D eigenvalue weighted by Gasteiger charge is 2.34. The van der Waals surface area contributed by atoms with Gasteiger partial charge in [0, 0.05) is 18.7 Å². The van der Waals surface area contributed by atoms with Crippen LogP contribution in [0.3, 0.4) is 0 Å². The third kappa shape index (κ3) is 3.23. The van der Waals surface area contributed by atoms with E-state index in [1.165, 1.54) is 19.3 Å². The van der Waals surface area contributed by atoms with E-state index in [1.807, 2.05) is 17.1 Å². The van der Waals surface area contributed by atoms with Crippen LogP contribution in [-0.2, 0) is 6.54 Å². The van der Waals surface area contributed by atoms with E-state index in [1.54, 1.807) is 6.20 Å². The molecular formula is C16H21ClN4O2. The van der Waals surface area contributed by atoms with Gasteiger partial charge in [-0.2, -0.15) is 5.10 Å². The molecule has 3 atom stereocenters. The Morgan fingerprint density at radius 2 is 2.22 bits per heavy atom. The summed E-state index contributed by atoms with van der Waals surface area (Å²) in [4.78, 5) is 4.31. The minimum Gasteiger partial charge on any atom is -0.428 e. The topological polar surface area (TPSA) is 76.1 Å². The summed E-state index contributed by atoms with van der Waals surface area (Å²) in [6.07, 6.45) is 10.1. The van der Waals surface area contributed by atoms with E-state index in [9.17, 15) is 5.11 Å². The first-order valence-electron chi connectivity index (χ1n) is 8.25. The van der Waals surface area contributed by atoms with Gasteiger partial charge < -0.3 is 14.8 Å². The number of anilines is 1. The summed E-state index contributed by atoms with van der Waals surface area (Å²) in [7, 11) is 0. The average molecular weight is 337 g/mol. The average Bonchev–Trinajstić information content (AvgIpc) is 3.13. The molecule has 1 unspecified atom stereocenters. The minimum atomic E-state index is -0.398. The quantitative estimate of drug-likeness (QED) is 0.877. The zero-order chi connectivity index (χ0) is 15.8. The zero-order valence-corrected chi connectivity index (χ0v) is 13.6. The molecule has 0 bridgehead atoms. The van der Waals surface area contributed by atoms with Crippen LogP contribution in [0.4, 0.5) is 6.01 Å². The Bertz CT molecular complexity index is 667. The van der Waals surface area contributed by atoms with Crippen LogP contribution in [0, 0.1) is 5.92 Å². The van der Waals surface area contributed by atoms with E-state index in [2.05, 4.69) is 15.4 Å². The second-order valence-corrected chi connectivity index (χ2v) is 7.17. The molecule has 2 aliphatic carbocycles. The molecule has 2 aromatic heterocycles. The van der Waals surface area contributed by atoms with Crippen LogP contribution in [0.15, 0.2) is 23.0 Å². The first-order valence-corrected chi connectivity index (χ1v) is 8.63. The number of aromatic nitrogens is 3. The van der Waals surface area contributed by atoms with Crippen LogP contribution >= 0.6 is 11.6 Å². The number of oxazole rings is 1. The lowest BCUT2D eigenvalue weighted by Gasteiger charge is -2.22. The molecule has 2 N–H and O–H groups in total. The molecule has 7 heteroatoms. The Morgan fingerprint density at radius 1 is 1.35 bits per heavy atom. The second-order valence-electron chi connectivity index (χ2n) is 6.73. The second kappa shape index (κ2) is 6.17. The van der Waals surface area contributed by atoms with Crippen LogP contribution in [-0.4, -0.2) is 32.0 Å². The lowest BCUT2D eigenvalue weighted by Crippen LogP contribution is -2.28. The number of hydrogen-bond donors (Lipinski definition) is 2. The molecule has 4 rings (SSSR count). The smallest absolute Gasteiger partial charge is 0.295 e. The number of nitrogens with zero attached hydrogens (tertiary/aromatic N) is 3. The van der Waals surface area contributed by atoms with Crippen molar-refractivity contribution in [1.82, 2.24) is 14.8 Å². The van der Waals surface area contributed by atoms with Gasteiger partial charge in [-0.15, -0.1) is 0 Å². The van der Waals surface area contributed by atoms with Crippen molar-refractivity contribution in [2.24, 2.45) is 5.92 Å². The van der Waals surface area contributed by atoms with Crippen LogP contribution in [0.5, 0.6) is 0 Å². The number of hydrogen-bond acceptors (Lipinski definition) is 5. The van der Waals surface area contributed by atoms with Crippen molar-refractivity contribution in [3.63, 3.8) is 0 Å². The fourth-order valence-electron chi connectivity index (χ4n) is 3.52. The standard InChI is InChI=1S/C16H21ClN4O2/c17-12-6-19-21(9-12)8-10-4-13(14(22)5-10)20-16-18-7-15(23-16)11-2-1-3-11/h6-7,9-11,13-14,22H,1-5,8H2,(H,18,20)/t10?,13-,14-/m1/s1. The van der Waals surface area contributed by atoms with E-state index in [0.717, 1.165) is 25.1 Å². The van der Waals surface area contributed by atoms with Crippen molar-refractivity contribution in [1.29, 1.82) is 0 Å². The van der Waals surface area contributed by atoms with Crippen molar-refractivity contribution in [2.45, 2.75) is 56.7 Å². The fraction of sp³-hybridized carbons (Fsp3) is 0.625. The van der Waals surface area contributed by atoms with Gasteiger partial charge in [-0.25, -0.2) is 4.98 Å². The lowest BCUT2D eigenvalue weighted by molar-refractivity contribution is 0.165. The summed E-state index contributed by atoms with van der Waals surface area (Å²) < 4.78 is 7.62. The molecule has 0 aliphatic heterocycles. The molecule has 2 saturated carbocycles. The largest absolute Gasteiger partial charge is 0.428 e. The molecule has 6 nitrogen and oxygen atoms in total. The van der Waals surface area contributed by atoms with Gasteiger partial charge in [0.1, 0.15) is 5.76 Å². The number of rotatable bonds is 5. The van der Waals surface area contributed by atoms with Crippen LogP contribution in [0.1, 0.15) is 43.8 Å². The third-order valence-electron chi connectivity index (χ3n) is 5.01. The predicted molar refractivity (Wildman–Crippen MR) is 86.5 cm³/mol. The monoisotopic (exact) mass is 336 g/mol. The molecule has 23 heavy (non-hydrogen) atoms. The van der Waals surface area contributed by atoms with Gasteiger partial charge in [0.15, 0.2) is 0 Å². The summed E-state index contributed by atoms with van der Waals surface area (Å²) in [6, 6.07) is 0.498. The van der Waals surface area contributed by atoms with E-state index < -0.39 is 6.10 Å². The molecule has 2 heterocycles. The Labute approximate surface area is 139 Å². The SMILES string of the molecule is O[C@@H]1CC(Cn2cc(Cl)cn2)C[C@H]1Nc1ncc(C2CCC2)o1. The highest BCUT2D eigenvalue weighted by atomic mass is 35.5. The van der Waals surface area contributed by atoms with Crippen LogP contribution < -0.4 is 5.32 Å². The van der Waals surface area contributed by atoms with Crippen LogP contribution in [0.2, 0.25) is 5.02 Å². The Morgan fingerprint density at radius 3 is 2.91 bits per heavy atom. The van der Waals surface area contributed by atoms with Gasteiger partial charge in [0.25, 0.3) is 6.01 Å². The van der Waals surface area contributed by atoms with Crippen molar-refractivity contribution in [2.75, 3.05) is 5.32 Å². The molecule has 0 spiro atoms. The van der Waals surface area contributed by atoms with Crippen molar-refractivity contribution in [3.05, 3.63) is 29.4 Å². The molecule has 0 radical (unpaired) electrons. The maximum Gasteiger partial charge on any atom is 0.295 e. The van der Waals surface area contributed by atoms with Crippen molar-refractivity contribution < 1.29 is 9.52 Å². The maximum atomic E-state index is 10.3. The molecule has 2 aliphatic rings. The predicted octanol–water partition coefficient (Wildman–Crippen LogP) is 3.04. The van der Waals surface area contributed by atoms with Gasteiger partial charge >= 0.3 is 0 Å². The molecule has 0 aromatic carbocycles. The molecular weight excluding hydrogens is 316 g/mol. The first kappa shape index (κ1) is 15.0. The molecule has 0 saturated heterocycles. The van der Waals surface area contributed by atoms with Gasteiger partial charge in [0.2, 0.25) is 0 Å². The van der Waals surface area contributed by atoms with Gasteiger partial charge in [-0.1, -0.05) is 18.0 Å².